The molecule has 1 N–H and O–H groups in total. The van der Waals surface area contributed by atoms with Crippen LogP contribution in [0.3, 0.4) is 0 Å². The maximum Gasteiger partial charge on any atom is 0.309 e. The van der Waals surface area contributed by atoms with Crippen molar-refractivity contribution in [2.45, 2.75) is 39.0 Å². The molecule has 1 aliphatic carbocycles. The molecule has 2 aliphatic rings. The number of carboxylic acids is 1. The highest BCUT2D eigenvalue weighted by Crippen LogP contribution is 2.33. The smallest absolute Gasteiger partial charge is 0.309 e. The van der Waals surface area contributed by atoms with Gasteiger partial charge in [0.15, 0.2) is 0 Å². The molecule has 21 heavy (non-hydrogen) atoms. The van der Waals surface area contributed by atoms with Crippen molar-refractivity contribution in [1.29, 1.82) is 0 Å². The highest BCUT2D eigenvalue weighted by molar-refractivity contribution is 5.81. The van der Waals surface area contributed by atoms with Gasteiger partial charge in [-0.25, -0.2) is 0 Å². The standard InChI is InChI=1S/C15H23NO5/c1-2-21-15(20)10-5-7-16(8-6-10)13(17)11-3-4-12(9-11)14(18)19/h10-12H,2-9H2,1H3,(H,18,19)/t11-,12+/m1/s1. The Bertz CT molecular complexity index is 414. The molecule has 0 bridgehead atoms. The van der Waals surface area contributed by atoms with Gasteiger partial charge in [-0.05, 0) is 39.0 Å². The van der Waals surface area contributed by atoms with E-state index in [1.54, 1.807) is 11.8 Å². The maximum absolute atomic E-state index is 12.4. The monoisotopic (exact) mass is 297 g/mol. The second-order valence-electron chi connectivity index (χ2n) is 5.90. The molecule has 2 rings (SSSR count). The topological polar surface area (TPSA) is 83.9 Å². The molecule has 118 valence electrons. The molecule has 6 heteroatoms. The molecule has 6 nitrogen and oxygen atoms in total. The number of carbonyl (C=O) groups excluding carboxylic acids is 2. The summed E-state index contributed by atoms with van der Waals surface area (Å²) in [5.74, 6) is -1.56. The number of ether oxygens (including phenoxy) is 1. The number of carboxylic acid groups (broad SMARTS) is 1. The fourth-order valence-electron chi connectivity index (χ4n) is 3.28. The van der Waals surface area contributed by atoms with Crippen LogP contribution >= 0.6 is 0 Å². The summed E-state index contributed by atoms with van der Waals surface area (Å²) in [4.78, 5) is 36.8. The van der Waals surface area contributed by atoms with Gasteiger partial charge < -0.3 is 14.7 Å². The molecule has 2 fully saturated rings. The van der Waals surface area contributed by atoms with Gasteiger partial charge in [0.2, 0.25) is 5.91 Å². The lowest BCUT2D eigenvalue weighted by molar-refractivity contribution is -0.152. The van der Waals surface area contributed by atoms with Gasteiger partial charge in [0.25, 0.3) is 0 Å². The van der Waals surface area contributed by atoms with Crippen molar-refractivity contribution in [3.05, 3.63) is 0 Å². The molecule has 1 amide bonds. The van der Waals surface area contributed by atoms with Gasteiger partial charge in [0.1, 0.15) is 0 Å². The Labute approximate surface area is 124 Å². The number of aliphatic carboxylic acids is 1. The van der Waals surface area contributed by atoms with Crippen molar-refractivity contribution < 1.29 is 24.2 Å². The minimum absolute atomic E-state index is 0.0565. The van der Waals surface area contributed by atoms with E-state index in [4.69, 9.17) is 9.84 Å². The second kappa shape index (κ2) is 6.91. The zero-order chi connectivity index (χ0) is 15.4. The lowest BCUT2D eigenvalue weighted by Crippen LogP contribution is -2.43. The first-order chi connectivity index (χ1) is 10.0. The van der Waals surface area contributed by atoms with Crippen molar-refractivity contribution in [1.82, 2.24) is 4.90 Å². The Kier molecular flexibility index (Phi) is 5.20. The molecule has 1 saturated carbocycles. The van der Waals surface area contributed by atoms with Gasteiger partial charge in [-0.3, -0.25) is 14.4 Å². The van der Waals surface area contributed by atoms with Crippen LogP contribution in [0.5, 0.6) is 0 Å². The van der Waals surface area contributed by atoms with E-state index >= 15 is 0 Å². The van der Waals surface area contributed by atoms with Gasteiger partial charge in [-0.1, -0.05) is 0 Å². The third kappa shape index (κ3) is 3.74. The Morgan fingerprint density at radius 2 is 1.67 bits per heavy atom. The quantitative estimate of drug-likeness (QED) is 0.790. The first-order valence-corrected chi connectivity index (χ1v) is 7.71. The van der Waals surface area contributed by atoms with Gasteiger partial charge in [-0.2, -0.15) is 0 Å². The van der Waals surface area contributed by atoms with Crippen LogP contribution < -0.4 is 0 Å². The molecule has 2 atom stereocenters. The van der Waals surface area contributed by atoms with Crippen LogP contribution in [0.15, 0.2) is 0 Å². The fraction of sp³-hybridized carbons (Fsp3) is 0.800. The van der Waals surface area contributed by atoms with E-state index < -0.39 is 5.97 Å². The van der Waals surface area contributed by atoms with Crippen molar-refractivity contribution in [3.63, 3.8) is 0 Å². The zero-order valence-electron chi connectivity index (χ0n) is 12.4. The van der Waals surface area contributed by atoms with E-state index in [-0.39, 0.29) is 29.6 Å². The molecule has 0 aromatic rings. The van der Waals surface area contributed by atoms with Gasteiger partial charge in [-0.15, -0.1) is 0 Å². The third-order valence-corrected chi connectivity index (χ3v) is 4.56. The van der Waals surface area contributed by atoms with E-state index in [1.807, 2.05) is 0 Å². The van der Waals surface area contributed by atoms with Crippen molar-refractivity contribution in [2.75, 3.05) is 19.7 Å². The summed E-state index contributed by atoms with van der Waals surface area (Å²) in [6.45, 7) is 3.30. The van der Waals surface area contributed by atoms with Crippen LogP contribution in [-0.4, -0.2) is 47.5 Å². The summed E-state index contributed by atoms with van der Waals surface area (Å²) >= 11 is 0. The van der Waals surface area contributed by atoms with E-state index in [9.17, 15) is 14.4 Å². The minimum Gasteiger partial charge on any atom is -0.481 e. The van der Waals surface area contributed by atoms with Gasteiger partial charge >= 0.3 is 11.9 Å². The molecule has 1 aliphatic heterocycles. The van der Waals surface area contributed by atoms with E-state index in [0.29, 0.717) is 51.8 Å². The number of piperidine rings is 1. The van der Waals surface area contributed by atoms with Crippen molar-refractivity contribution >= 4 is 17.8 Å². The second-order valence-corrected chi connectivity index (χ2v) is 5.90. The van der Waals surface area contributed by atoms with Gasteiger partial charge in [0, 0.05) is 19.0 Å². The van der Waals surface area contributed by atoms with Crippen LogP contribution in [0.1, 0.15) is 39.0 Å². The fourth-order valence-corrected chi connectivity index (χ4v) is 3.28. The Morgan fingerprint density at radius 3 is 2.19 bits per heavy atom. The van der Waals surface area contributed by atoms with Crippen LogP contribution in [0.4, 0.5) is 0 Å². The summed E-state index contributed by atoms with van der Waals surface area (Å²) in [5.41, 5.74) is 0. The maximum atomic E-state index is 12.4. The van der Waals surface area contributed by atoms with Crippen LogP contribution in [0.2, 0.25) is 0 Å². The number of rotatable bonds is 4. The normalized spacial score (nSPS) is 26.6. The Morgan fingerprint density at radius 1 is 1.05 bits per heavy atom. The summed E-state index contributed by atoms with van der Waals surface area (Å²) < 4.78 is 5.01. The van der Waals surface area contributed by atoms with E-state index in [2.05, 4.69) is 0 Å². The summed E-state index contributed by atoms with van der Waals surface area (Å²) in [5, 5.41) is 8.99. The number of amides is 1. The average molecular weight is 297 g/mol. The average Bonchev–Trinajstić information content (AvgIpc) is 2.97. The lowest BCUT2D eigenvalue weighted by Gasteiger charge is -2.32. The summed E-state index contributed by atoms with van der Waals surface area (Å²) in [7, 11) is 0. The highest BCUT2D eigenvalue weighted by atomic mass is 16.5. The first kappa shape index (κ1) is 15.8. The Hall–Kier alpha value is -1.59. The number of nitrogens with zero attached hydrogens (tertiary/aromatic N) is 1. The summed E-state index contributed by atoms with van der Waals surface area (Å²) in [6, 6.07) is 0. The molecule has 0 radical (unpaired) electrons. The minimum atomic E-state index is -0.800. The zero-order valence-corrected chi connectivity index (χ0v) is 12.4. The molecule has 1 saturated heterocycles. The Balaban J connectivity index is 1.81. The number of esters is 1. The molecular formula is C15H23NO5. The van der Waals surface area contributed by atoms with Gasteiger partial charge in [0.05, 0.1) is 18.4 Å². The first-order valence-electron chi connectivity index (χ1n) is 7.71. The number of carbonyl (C=O) groups is 3. The molecule has 0 aromatic heterocycles. The van der Waals surface area contributed by atoms with Crippen molar-refractivity contribution in [2.24, 2.45) is 17.8 Å². The third-order valence-electron chi connectivity index (χ3n) is 4.56. The molecule has 1 heterocycles. The number of hydrogen-bond acceptors (Lipinski definition) is 4. The van der Waals surface area contributed by atoms with Crippen LogP contribution in [0, 0.1) is 17.8 Å². The predicted octanol–water partition coefficient (Wildman–Crippen LogP) is 1.29. The summed E-state index contributed by atoms with van der Waals surface area (Å²) in [6.07, 6.45) is 2.98. The molecular weight excluding hydrogens is 274 g/mol. The SMILES string of the molecule is CCOC(=O)C1CCN(C(=O)[C@@H]2CC[C@H](C(=O)O)C2)CC1. The number of hydrogen-bond donors (Lipinski definition) is 1. The lowest BCUT2D eigenvalue weighted by atomic mass is 9.95. The van der Waals surface area contributed by atoms with Crippen LogP contribution in [0.25, 0.3) is 0 Å². The van der Waals surface area contributed by atoms with E-state index in [1.165, 1.54) is 0 Å². The van der Waals surface area contributed by atoms with E-state index in [0.717, 1.165) is 0 Å². The molecule has 0 aromatic carbocycles. The molecule has 0 unspecified atom stereocenters. The largest absolute Gasteiger partial charge is 0.481 e. The van der Waals surface area contributed by atoms with Crippen LogP contribution in [-0.2, 0) is 19.1 Å². The molecule has 0 spiro atoms. The predicted molar refractivity (Wildman–Crippen MR) is 74.4 cm³/mol. The highest BCUT2D eigenvalue weighted by Gasteiger charge is 2.37. The number of likely N-dealkylation sites (tertiary alicyclic amines) is 1. The van der Waals surface area contributed by atoms with Crippen molar-refractivity contribution in [3.8, 4) is 0 Å².